The average molecular weight is 363 g/mol. The van der Waals surface area contributed by atoms with Gasteiger partial charge in [-0.25, -0.2) is 4.79 Å². The Morgan fingerprint density at radius 3 is 2.08 bits per heavy atom. The molecule has 24 heavy (non-hydrogen) atoms. The van der Waals surface area contributed by atoms with E-state index in [9.17, 15) is 19.5 Å². The van der Waals surface area contributed by atoms with E-state index in [1.165, 1.54) is 11.8 Å². The molecule has 0 unspecified atom stereocenters. The van der Waals surface area contributed by atoms with Crippen molar-refractivity contribution in [2.75, 3.05) is 6.54 Å². The van der Waals surface area contributed by atoms with Crippen LogP contribution in [0.3, 0.4) is 0 Å². The van der Waals surface area contributed by atoms with Gasteiger partial charge in [-0.1, -0.05) is 34.6 Å². The highest BCUT2D eigenvalue weighted by molar-refractivity contribution is 8.01. The first-order valence-corrected chi connectivity index (χ1v) is 9.21. The van der Waals surface area contributed by atoms with Gasteiger partial charge in [0, 0.05) is 24.1 Å². The SMILES string of the molecule is CCC(=O)O[C@@H](OC(=O)NC[C@H](SC(CC)CC)C(=O)O)C(C)C. The molecule has 0 saturated carbocycles. The summed E-state index contributed by atoms with van der Waals surface area (Å²) in [5, 5.41) is 11.2. The zero-order valence-electron chi connectivity index (χ0n) is 15.0. The number of carboxylic acids is 1. The molecule has 0 radical (unpaired) electrons. The number of hydrogen-bond donors (Lipinski definition) is 2. The number of hydrogen-bond acceptors (Lipinski definition) is 6. The summed E-state index contributed by atoms with van der Waals surface area (Å²) in [5.74, 6) is -1.65. The number of aliphatic carboxylic acids is 1. The fourth-order valence-corrected chi connectivity index (χ4v) is 2.88. The monoisotopic (exact) mass is 363 g/mol. The first kappa shape index (κ1) is 22.6. The molecule has 0 fully saturated rings. The maximum atomic E-state index is 11.9. The zero-order chi connectivity index (χ0) is 18.7. The van der Waals surface area contributed by atoms with Crippen LogP contribution in [0.5, 0.6) is 0 Å². The summed E-state index contributed by atoms with van der Waals surface area (Å²) in [7, 11) is 0. The minimum Gasteiger partial charge on any atom is -0.480 e. The lowest BCUT2D eigenvalue weighted by molar-refractivity contribution is -0.174. The van der Waals surface area contributed by atoms with Gasteiger partial charge in [-0.15, -0.1) is 11.8 Å². The fraction of sp³-hybridized carbons (Fsp3) is 0.812. The van der Waals surface area contributed by atoms with Gasteiger partial charge >= 0.3 is 18.0 Å². The van der Waals surface area contributed by atoms with Crippen LogP contribution in [-0.4, -0.2) is 46.5 Å². The van der Waals surface area contributed by atoms with Gasteiger partial charge < -0.3 is 19.9 Å². The standard InChI is InChI=1S/C16H29NO6S/c1-6-11(7-2)24-12(14(19)20)9-17-16(21)23-15(10(4)5)22-13(18)8-3/h10-12,15H,6-9H2,1-5H3,(H,17,21)(H,19,20)/t12-,15-/m0/s1. The first-order valence-electron chi connectivity index (χ1n) is 8.27. The second kappa shape index (κ2) is 12.0. The normalized spacial score (nSPS) is 13.5. The van der Waals surface area contributed by atoms with Crippen LogP contribution in [0.15, 0.2) is 0 Å². The van der Waals surface area contributed by atoms with Gasteiger partial charge in [-0.3, -0.25) is 9.59 Å². The number of amides is 1. The molecule has 0 saturated heterocycles. The average Bonchev–Trinajstić information content (AvgIpc) is 2.53. The Morgan fingerprint density at radius 2 is 1.67 bits per heavy atom. The summed E-state index contributed by atoms with van der Waals surface area (Å²) >= 11 is 1.32. The van der Waals surface area contributed by atoms with Gasteiger partial charge in [-0.2, -0.15) is 0 Å². The molecule has 0 aromatic rings. The predicted molar refractivity (Wildman–Crippen MR) is 92.9 cm³/mol. The van der Waals surface area contributed by atoms with E-state index >= 15 is 0 Å². The summed E-state index contributed by atoms with van der Waals surface area (Å²) in [6, 6.07) is 0. The van der Waals surface area contributed by atoms with Crippen LogP contribution in [0.25, 0.3) is 0 Å². The van der Waals surface area contributed by atoms with E-state index in [2.05, 4.69) is 5.32 Å². The highest BCUT2D eigenvalue weighted by Crippen LogP contribution is 2.23. The molecule has 2 N–H and O–H groups in total. The molecule has 0 spiro atoms. The van der Waals surface area contributed by atoms with Crippen molar-refractivity contribution in [3.8, 4) is 0 Å². The number of ether oxygens (including phenoxy) is 2. The summed E-state index contributed by atoms with van der Waals surface area (Å²) in [6.07, 6.45) is 0.109. The quantitative estimate of drug-likeness (QED) is 0.430. The maximum Gasteiger partial charge on any atom is 0.410 e. The molecule has 2 atom stereocenters. The summed E-state index contributed by atoms with van der Waals surface area (Å²) in [4.78, 5) is 34.5. The van der Waals surface area contributed by atoms with Gasteiger partial charge in [0.25, 0.3) is 6.29 Å². The maximum absolute atomic E-state index is 11.9. The van der Waals surface area contributed by atoms with Crippen molar-refractivity contribution in [3.63, 3.8) is 0 Å². The number of esters is 1. The molecule has 7 nitrogen and oxygen atoms in total. The third-order valence-electron chi connectivity index (χ3n) is 3.28. The van der Waals surface area contributed by atoms with Crippen molar-refractivity contribution >= 4 is 29.8 Å². The number of nitrogens with one attached hydrogen (secondary N) is 1. The summed E-state index contributed by atoms with van der Waals surface area (Å²) < 4.78 is 10.1. The van der Waals surface area contributed by atoms with Crippen molar-refractivity contribution in [1.82, 2.24) is 5.32 Å². The highest BCUT2D eigenvalue weighted by Gasteiger charge is 2.25. The molecule has 0 aliphatic carbocycles. The van der Waals surface area contributed by atoms with E-state index in [1.54, 1.807) is 20.8 Å². The lowest BCUT2D eigenvalue weighted by atomic mass is 10.2. The molecule has 0 heterocycles. The third kappa shape index (κ3) is 9.00. The fourth-order valence-electron chi connectivity index (χ4n) is 1.74. The van der Waals surface area contributed by atoms with Crippen molar-refractivity contribution in [2.45, 2.75) is 70.7 Å². The Hall–Kier alpha value is -1.44. The summed E-state index contributed by atoms with van der Waals surface area (Å²) in [5.41, 5.74) is 0. The topological polar surface area (TPSA) is 102 Å². The predicted octanol–water partition coefficient (Wildman–Crippen LogP) is 3.02. The Bertz CT molecular complexity index is 411. The van der Waals surface area contributed by atoms with Crippen LogP contribution in [0.2, 0.25) is 0 Å². The molecule has 8 heteroatoms. The largest absolute Gasteiger partial charge is 0.480 e. The van der Waals surface area contributed by atoms with Crippen LogP contribution < -0.4 is 5.32 Å². The van der Waals surface area contributed by atoms with Crippen LogP contribution in [0.4, 0.5) is 4.79 Å². The minimum absolute atomic E-state index is 0.0537. The number of carbonyl (C=O) groups excluding carboxylic acids is 2. The van der Waals surface area contributed by atoms with Gasteiger partial charge in [0.15, 0.2) is 0 Å². The molecular formula is C16H29NO6S. The Balaban J connectivity index is 4.55. The molecule has 0 aliphatic rings. The number of carboxylic acid groups (broad SMARTS) is 1. The van der Waals surface area contributed by atoms with Gasteiger partial charge in [0.2, 0.25) is 0 Å². The van der Waals surface area contributed by atoms with E-state index in [0.29, 0.717) is 0 Å². The molecule has 0 bridgehead atoms. The van der Waals surface area contributed by atoms with Crippen LogP contribution in [0.1, 0.15) is 53.9 Å². The minimum atomic E-state index is -0.993. The van der Waals surface area contributed by atoms with Crippen molar-refractivity contribution in [1.29, 1.82) is 0 Å². The van der Waals surface area contributed by atoms with Crippen molar-refractivity contribution in [2.24, 2.45) is 5.92 Å². The van der Waals surface area contributed by atoms with Gasteiger partial charge in [-0.05, 0) is 12.8 Å². The van der Waals surface area contributed by atoms with E-state index in [0.717, 1.165) is 12.8 Å². The molecule has 0 aliphatic heterocycles. The number of thioether (sulfide) groups is 1. The van der Waals surface area contributed by atoms with Crippen LogP contribution in [0, 0.1) is 5.92 Å². The van der Waals surface area contributed by atoms with Crippen molar-refractivity contribution in [3.05, 3.63) is 0 Å². The third-order valence-corrected chi connectivity index (χ3v) is 5.03. The second-order valence-corrected chi connectivity index (χ2v) is 7.15. The second-order valence-electron chi connectivity index (χ2n) is 5.64. The lowest BCUT2D eigenvalue weighted by Gasteiger charge is -2.22. The zero-order valence-corrected chi connectivity index (χ0v) is 15.9. The molecule has 0 aromatic carbocycles. The van der Waals surface area contributed by atoms with E-state index in [1.807, 2.05) is 13.8 Å². The Morgan fingerprint density at radius 1 is 1.08 bits per heavy atom. The smallest absolute Gasteiger partial charge is 0.410 e. The first-order chi connectivity index (χ1) is 11.2. The Labute approximate surface area is 147 Å². The molecular weight excluding hydrogens is 334 g/mol. The molecule has 140 valence electrons. The summed E-state index contributed by atoms with van der Waals surface area (Å²) in [6.45, 7) is 9.09. The number of rotatable bonds is 11. The van der Waals surface area contributed by atoms with E-state index in [-0.39, 0.29) is 24.1 Å². The molecule has 1 amide bonds. The number of alkyl carbamates (subject to hydrolysis) is 1. The van der Waals surface area contributed by atoms with Crippen LogP contribution >= 0.6 is 11.8 Å². The van der Waals surface area contributed by atoms with E-state index in [4.69, 9.17) is 9.47 Å². The highest BCUT2D eigenvalue weighted by atomic mass is 32.2. The Kier molecular flexibility index (Phi) is 11.3. The van der Waals surface area contributed by atoms with E-state index < -0.39 is 29.6 Å². The lowest BCUT2D eigenvalue weighted by Crippen LogP contribution is -2.39. The molecule has 0 rings (SSSR count). The van der Waals surface area contributed by atoms with Crippen LogP contribution in [-0.2, 0) is 19.1 Å². The van der Waals surface area contributed by atoms with Gasteiger partial charge in [0.05, 0.1) is 0 Å². The van der Waals surface area contributed by atoms with Crippen molar-refractivity contribution < 1.29 is 29.0 Å². The number of carbonyl (C=O) groups is 3. The van der Waals surface area contributed by atoms with Gasteiger partial charge in [0.1, 0.15) is 5.25 Å². The molecule has 0 aromatic heterocycles.